The summed E-state index contributed by atoms with van der Waals surface area (Å²) in [7, 11) is 0. The molecule has 2 heterocycles. The minimum atomic E-state index is -0.674. The molecular formula is C32H28N2O5. The molecule has 1 unspecified atom stereocenters. The molecule has 2 N–H and O–H groups in total. The Balaban J connectivity index is 1.57. The number of benzene rings is 3. The Hall–Kier alpha value is -4.91. The smallest absolute Gasteiger partial charge is 0.336 e. The molecule has 5 rings (SSSR count). The van der Waals surface area contributed by atoms with Crippen molar-refractivity contribution in [2.24, 2.45) is 0 Å². The van der Waals surface area contributed by atoms with E-state index in [0.29, 0.717) is 50.5 Å². The van der Waals surface area contributed by atoms with E-state index in [9.17, 15) is 14.4 Å². The predicted molar refractivity (Wildman–Crippen MR) is 151 cm³/mol. The van der Waals surface area contributed by atoms with Gasteiger partial charge in [0, 0.05) is 34.3 Å². The Morgan fingerprint density at radius 3 is 2.28 bits per heavy atom. The number of para-hydroxylation sites is 2. The molecule has 4 aromatic rings. The van der Waals surface area contributed by atoms with Crippen molar-refractivity contribution < 1.29 is 18.7 Å². The van der Waals surface area contributed by atoms with Gasteiger partial charge >= 0.3 is 5.97 Å². The Kier molecular flexibility index (Phi) is 7.14. The van der Waals surface area contributed by atoms with Gasteiger partial charge in [0.2, 0.25) is 0 Å². The average Bonchev–Trinajstić information content (AvgIpc) is 2.93. The van der Waals surface area contributed by atoms with E-state index in [1.807, 2.05) is 55.5 Å². The number of rotatable bonds is 6. The summed E-state index contributed by atoms with van der Waals surface area (Å²) in [5.74, 6) is -1.06. The van der Waals surface area contributed by atoms with Gasteiger partial charge in [-0.15, -0.1) is 0 Å². The number of amides is 1. The number of hydrogen-bond acceptors (Lipinski definition) is 6. The van der Waals surface area contributed by atoms with Crippen molar-refractivity contribution in [1.29, 1.82) is 0 Å². The number of allylic oxidation sites excluding steroid dienone is 2. The van der Waals surface area contributed by atoms with E-state index < -0.39 is 11.9 Å². The standard InChI is InChI=1S/C32H28N2O5/c1-4-38-32(37)29-20(3)33-19(2)28(31(36)34-23-10-6-5-7-11-23)30(29)22-16-14-21(15-17-22)27-18-25(35)24-12-8-9-13-26(24)39-27/h5-18,30,33H,4H2,1-3H3,(H,34,36). The van der Waals surface area contributed by atoms with Crippen LogP contribution in [0.5, 0.6) is 0 Å². The molecule has 0 fully saturated rings. The number of hydrogen-bond donors (Lipinski definition) is 2. The van der Waals surface area contributed by atoms with Crippen LogP contribution in [-0.4, -0.2) is 18.5 Å². The highest BCUT2D eigenvalue weighted by molar-refractivity contribution is 6.08. The van der Waals surface area contributed by atoms with Gasteiger partial charge in [0.1, 0.15) is 11.3 Å². The maximum atomic E-state index is 13.6. The van der Waals surface area contributed by atoms with Gasteiger partial charge in [0.25, 0.3) is 5.91 Å². The van der Waals surface area contributed by atoms with Gasteiger partial charge in [0.15, 0.2) is 5.43 Å². The second kappa shape index (κ2) is 10.8. The molecule has 0 saturated carbocycles. The lowest BCUT2D eigenvalue weighted by Crippen LogP contribution is -2.33. The van der Waals surface area contributed by atoms with Crippen LogP contribution in [0.4, 0.5) is 5.69 Å². The number of esters is 1. The summed E-state index contributed by atoms with van der Waals surface area (Å²) in [5, 5.41) is 6.66. The van der Waals surface area contributed by atoms with Crippen LogP contribution in [-0.2, 0) is 14.3 Å². The van der Waals surface area contributed by atoms with E-state index in [1.54, 1.807) is 44.2 Å². The molecule has 0 radical (unpaired) electrons. The summed E-state index contributed by atoms with van der Waals surface area (Å²) in [4.78, 5) is 39.4. The molecule has 0 bridgehead atoms. The first-order chi connectivity index (χ1) is 18.9. The molecule has 1 atom stereocenters. The fraction of sp³-hybridized carbons (Fsp3) is 0.156. The topological polar surface area (TPSA) is 97.6 Å². The monoisotopic (exact) mass is 520 g/mol. The van der Waals surface area contributed by atoms with Crippen LogP contribution >= 0.6 is 0 Å². The number of fused-ring (bicyclic) bond motifs is 1. The number of dihydropyridines is 1. The summed E-state index contributed by atoms with van der Waals surface area (Å²) in [5.41, 5.74) is 4.49. The summed E-state index contributed by atoms with van der Waals surface area (Å²) in [6.07, 6.45) is 0. The zero-order valence-corrected chi connectivity index (χ0v) is 21.9. The van der Waals surface area contributed by atoms with E-state index in [-0.39, 0.29) is 17.9 Å². The second-order valence-electron chi connectivity index (χ2n) is 9.27. The molecule has 1 aliphatic rings. The highest BCUT2D eigenvalue weighted by atomic mass is 16.5. The summed E-state index contributed by atoms with van der Waals surface area (Å²) < 4.78 is 11.4. The third-order valence-corrected chi connectivity index (χ3v) is 6.70. The van der Waals surface area contributed by atoms with Crippen LogP contribution < -0.4 is 16.1 Å². The largest absolute Gasteiger partial charge is 0.463 e. The van der Waals surface area contributed by atoms with Crippen LogP contribution in [0.25, 0.3) is 22.3 Å². The first-order valence-electron chi connectivity index (χ1n) is 12.7. The van der Waals surface area contributed by atoms with Crippen LogP contribution in [0.3, 0.4) is 0 Å². The van der Waals surface area contributed by atoms with Gasteiger partial charge in [-0.2, -0.15) is 0 Å². The lowest BCUT2D eigenvalue weighted by molar-refractivity contribution is -0.138. The normalized spacial score (nSPS) is 15.2. The molecule has 0 spiro atoms. The fourth-order valence-electron chi connectivity index (χ4n) is 4.91. The molecule has 1 aromatic heterocycles. The van der Waals surface area contributed by atoms with Crippen molar-refractivity contribution in [3.63, 3.8) is 0 Å². The third kappa shape index (κ3) is 5.11. The Bertz CT molecular complexity index is 1680. The second-order valence-corrected chi connectivity index (χ2v) is 9.27. The van der Waals surface area contributed by atoms with Crippen LogP contribution in [0.1, 0.15) is 32.3 Å². The van der Waals surface area contributed by atoms with E-state index in [0.717, 1.165) is 5.56 Å². The van der Waals surface area contributed by atoms with Gasteiger partial charge in [0.05, 0.1) is 23.5 Å². The Labute approximate surface area is 225 Å². The minimum absolute atomic E-state index is 0.129. The van der Waals surface area contributed by atoms with Crippen LogP contribution in [0.2, 0.25) is 0 Å². The van der Waals surface area contributed by atoms with E-state index >= 15 is 0 Å². The molecule has 196 valence electrons. The lowest BCUT2D eigenvalue weighted by Gasteiger charge is -2.31. The lowest BCUT2D eigenvalue weighted by atomic mass is 9.79. The predicted octanol–water partition coefficient (Wildman–Crippen LogP) is 5.90. The molecule has 39 heavy (non-hydrogen) atoms. The Morgan fingerprint density at radius 1 is 0.897 bits per heavy atom. The zero-order valence-electron chi connectivity index (χ0n) is 21.9. The minimum Gasteiger partial charge on any atom is -0.463 e. The van der Waals surface area contributed by atoms with E-state index in [1.165, 1.54) is 6.07 Å². The fourth-order valence-corrected chi connectivity index (χ4v) is 4.91. The number of nitrogens with one attached hydrogen (secondary N) is 2. The first-order valence-corrected chi connectivity index (χ1v) is 12.7. The van der Waals surface area contributed by atoms with Crippen molar-refractivity contribution in [1.82, 2.24) is 5.32 Å². The summed E-state index contributed by atoms with van der Waals surface area (Å²) in [6.45, 7) is 5.56. The molecule has 7 nitrogen and oxygen atoms in total. The van der Waals surface area contributed by atoms with Gasteiger partial charge in [-0.1, -0.05) is 54.6 Å². The average molecular weight is 521 g/mol. The highest BCUT2D eigenvalue weighted by Crippen LogP contribution is 2.40. The van der Waals surface area contributed by atoms with Gasteiger partial charge in [-0.25, -0.2) is 4.79 Å². The van der Waals surface area contributed by atoms with Crippen molar-refractivity contribution >= 4 is 28.5 Å². The number of ether oxygens (including phenoxy) is 1. The van der Waals surface area contributed by atoms with Crippen molar-refractivity contribution in [3.8, 4) is 11.3 Å². The maximum absolute atomic E-state index is 13.6. The number of carbonyl (C=O) groups is 2. The SMILES string of the molecule is CCOC(=O)C1=C(C)NC(C)=C(C(=O)Nc2ccccc2)C1c1ccc(-c2cc(=O)c3ccccc3o2)cc1. The van der Waals surface area contributed by atoms with E-state index in [4.69, 9.17) is 9.15 Å². The van der Waals surface area contributed by atoms with Gasteiger partial charge < -0.3 is 19.8 Å². The highest BCUT2D eigenvalue weighted by Gasteiger charge is 2.37. The summed E-state index contributed by atoms with van der Waals surface area (Å²) >= 11 is 0. The quantitative estimate of drug-likeness (QED) is 0.308. The van der Waals surface area contributed by atoms with Crippen molar-refractivity contribution in [2.45, 2.75) is 26.7 Å². The van der Waals surface area contributed by atoms with Crippen molar-refractivity contribution in [2.75, 3.05) is 11.9 Å². The van der Waals surface area contributed by atoms with Gasteiger partial charge in [-0.3, -0.25) is 9.59 Å². The zero-order chi connectivity index (χ0) is 27.5. The first kappa shape index (κ1) is 25.7. The molecule has 0 aliphatic carbocycles. The number of carbonyl (C=O) groups excluding carboxylic acids is 2. The van der Waals surface area contributed by atoms with Crippen LogP contribution in [0.15, 0.2) is 117 Å². The number of anilines is 1. The summed E-state index contributed by atoms with van der Waals surface area (Å²) in [6, 6.07) is 25.1. The molecule has 1 aliphatic heterocycles. The molecule has 0 saturated heterocycles. The molecule has 3 aromatic carbocycles. The third-order valence-electron chi connectivity index (χ3n) is 6.70. The molecule has 1 amide bonds. The van der Waals surface area contributed by atoms with E-state index in [2.05, 4.69) is 10.6 Å². The molecular weight excluding hydrogens is 492 g/mol. The van der Waals surface area contributed by atoms with Crippen molar-refractivity contribution in [3.05, 3.63) is 123 Å². The van der Waals surface area contributed by atoms with Gasteiger partial charge in [-0.05, 0) is 50.6 Å². The molecule has 7 heteroatoms. The maximum Gasteiger partial charge on any atom is 0.336 e. The van der Waals surface area contributed by atoms with Crippen LogP contribution in [0, 0.1) is 0 Å². The Morgan fingerprint density at radius 2 is 1.56 bits per heavy atom.